The molecule has 1 aromatic rings. The molecule has 4 nitrogen and oxygen atoms in total. The van der Waals surface area contributed by atoms with Crippen LogP contribution in [0.2, 0.25) is 0 Å². The Balaban J connectivity index is 1.92. The molecule has 0 bridgehead atoms. The van der Waals surface area contributed by atoms with Gasteiger partial charge in [-0.1, -0.05) is 18.2 Å². The summed E-state index contributed by atoms with van der Waals surface area (Å²) in [6.07, 6.45) is 1.76. The third-order valence-electron chi connectivity index (χ3n) is 2.79. The molecule has 0 spiro atoms. The molecule has 0 unspecified atom stereocenters. The molecule has 1 aliphatic rings. The van der Waals surface area contributed by atoms with Crippen LogP contribution >= 0.6 is 12.2 Å². The van der Waals surface area contributed by atoms with Crippen LogP contribution in [0.1, 0.15) is 0 Å². The van der Waals surface area contributed by atoms with Crippen molar-refractivity contribution in [1.29, 1.82) is 0 Å². The first kappa shape index (κ1) is 13.0. The van der Waals surface area contributed by atoms with Crippen molar-refractivity contribution in [1.82, 2.24) is 4.90 Å². The lowest BCUT2D eigenvalue weighted by atomic mass is 10.3. The van der Waals surface area contributed by atoms with Crippen LogP contribution in [0.4, 0.5) is 5.69 Å². The van der Waals surface area contributed by atoms with Crippen LogP contribution in [0.25, 0.3) is 0 Å². The summed E-state index contributed by atoms with van der Waals surface area (Å²) in [6, 6.07) is 10.1. The second kappa shape index (κ2) is 6.47. The number of morpholine rings is 1. The number of nitrogens with zero attached hydrogens (tertiary/aromatic N) is 3. The molecule has 1 fully saturated rings. The first-order valence-corrected chi connectivity index (χ1v) is 6.37. The van der Waals surface area contributed by atoms with E-state index < -0.39 is 0 Å². The molecule has 0 aliphatic carbocycles. The topological polar surface area (TPSA) is 28.1 Å². The molecule has 0 atom stereocenters. The highest BCUT2D eigenvalue weighted by atomic mass is 32.1. The fourth-order valence-corrected chi connectivity index (χ4v) is 1.93. The van der Waals surface area contributed by atoms with Gasteiger partial charge in [0.2, 0.25) is 0 Å². The second-order valence-corrected chi connectivity index (χ2v) is 4.44. The lowest BCUT2D eigenvalue weighted by molar-refractivity contribution is 0.0686. The number of thiocarbonyl (C=S) groups is 1. The number of ether oxygens (including phenoxy) is 1. The summed E-state index contributed by atoms with van der Waals surface area (Å²) in [5.41, 5.74) is 1.09. The fourth-order valence-electron chi connectivity index (χ4n) is 1.70. The van der Waals surface area contributed by atoms with E-state index in [1.165, 1.54) is 0 Å². The predicted octanol–water partition coefficient (Wildman–Crippen LogP) is 1.77. The van der Waals surface area contributed by atoms with E-state index in [0.717, 1.165) is 32.0 Å². The van der Waals surface area contributed by atoms with E-state index in [4.69, 9.17) is 17.0 Å². The van der Waals surface area contributed by atoms with Crippen LogP contribution < -0.4 is 4.90 Å². The van der Waals surface area contributed by atoms with Gasteiger partial charge >= 0.3 is 0 Å². The number of hydrogen-bond acceptors (Lipinski definition) is 2. The SMILES string of the molecule is CN(/C=N/C(=S)N1CCOCC1)c1ccccc1. The molecule has 18 heavy (non-hydrogen) atoms. The zero-order valence-corrected chi connectivity index (χ0v) is 11.3. The number of anilines is 1. The van der Waals surface area contributed by atoms with Gasteiger partial charge in [0, 0.05) is 25.8 Å². The Kier molecular flexibility index (Phi) is 4.66. The molecule has 5 heteroatoms. The van der Waals surface area contributed by atoms with Gasteiger partial charge in [-0.05, 0) is 24.4 Å². The lowest BCUT2D eigenvalue weighted by Gasteiger charge is -2.27. The largest absolute Gasteiger partial charge is 0.378 e. The standard InChI is InChI=1S/C13H17N3OS/c1-15(12-5-3-2-4-6-12)11-14-13(18)16-7-9-17-10-8-16/h2-6,11H,7-10H2,1H3/b14-11+. The quantitative estimate of drug-likeness (QED) is 0.462. The highest BCUT2D eigenvalue weighted by molar-refractivity contribution is 7.80. The minimum absolute atomic E-state index is 0.626. The van der Waals surface area contributed by atoms with Crippen molar-refractivity contribution < 1.29 is 4.74 Å². The van der Waals surface area contributed by atoms with E-state index in [2.05, 4.69) is 9.89 Å². The first-order chi connectivity index (χ1) is 8.77. The monoisotopic (exact) mass is 263 g/mol. The number of hydrogen-bond donors (Lipinski definition) is 0. The summed E-state index contributed by atoms with van der Waals surface area (Å²) in [4.78, 5) is 8.34. The van der Waals surface area contributed by atoms with Crippen LogP contribution in [-0.4, -0.2) is 49.7 Å². The number of aliphatic imine (C=N–C) groups is 1. The van der Waals surface area contributed by atoms with Gasteiger partial charge in [0.25, 0.3) is 0 Å². The summed E-state index contributed by atoms with van der Waals surface area (Å²) in [5.74, 6) is 0. The van der Waals surface area contributed by atoms with Crippen molar-refractivity contribution in [2.24, 2.45) is 4.99 Å². The molecule has 96 valence electrons. The van der Waals surface area contributed by atoms with Crippen LogP contribution in [0, 0.1) is 0 Å². The number of rotatable bonds is 2. The molecule has 1 heterocycles. The van der Waals surface area contributed by atoms with E-state index in [1.54, 1.807) is 6.34 Å². The molecule has 0 radical (unpaired) electrons. The van der Waals surface area contributed by atoms with Crippen molar-refractivity contribution >= 4 is 29.4 Å². The molecule has 1 aliphatic heterocycles. The summed E-state index contributed by atoms with van der Waals surface area (Å²) >= 11 is 5.29. The Hall–Kier alpha value is -1.46. The van der Waals surface area contributed by atoms with Crippen molar-refractivity contribution in [2.45, 2.75) is 0 Å². The maximum Gasteiger partial charge on any atom is 0.196 e. The van der Waals surface area contributed by atoms with Crippen LogP contribution in [0.5, 0.6) is 0 Å². The van der Waals surface area contributed by atoms with Crippen molar-refractivity contribution in [3.8, 4) is 0 Å². The van der Waals surface area contributed by atoms with E-state index in [1.807, 2.05) is 42.3 Å². The van der Waals surface area contributed by atoms with Gasteiger partial charge in [0.1, 0.15) is 0 Å². The molecular weight excluding hydrogens is 246 g/mol. The maximum atomic E-state index is 5.29. The zero-order chi connectivity index (χ0) is 12.8. The molecular formula is C13H17N3OS. The van der Waals surface area contributed by atoms with Crippen molar-refractivity contribution in [3.63, 3.8) is 0 Å². The Morgan fingerprint density at radius 1 is 1.33 bits per heavy atom. The molecule has 2 rings (SSSR count). The van der Waals surface area contributed by atoms with Gasteiger partial charge in [-0.15, -0.1) is 0 Å². The highest BCUT2D eigenvalue weighted by Crippen LogP contribution is 2.09. The van der Waals surface area contributed by atoms with Gasteiger partial charge in [-0.25, -0.2) is 4.99 Å². The molecule has 0 N–H and O–H groups in total. The summed E-state index contributed by atoms with van der Waals surface area (Å²) in [6.45, 7) is 3.10. The van der Waals surface area contributed by atoms with Crippen LogP contribution in [-0.2, 0) is 4.74 Å². The first-order valence-electron chi connectivity index (χ1n) is 5.96. The van der Waals surface area contributed by atoms with Gasteiger partial charge < -0.3 is 14.5 Å². The third kappa shape index (κ3) is 3.51. The number of benzene rings is 1. The lowest BCUT2D eigenvalue weighted by Crippen LogP contribution is -2.39. The normalized spacial score (nSPS) is 15.9. The van der Waals surface area contributed by atoms with Crippen LogP contribution in [0.15, 0.2) is 35.3 Å². The molecule has 1 saturated heterocycles. The second-order valence-electron chi connectivity index (χ2n) is 4.07. The molecule has 0 saturated carbocycles. The van der Waals surface area contributed by atoms with Gasteiger partial charge in [-0.3, -0.25) is 0 Å². The Morgan fingerprint density at radius 2 is 2.00 bits per heavy atom. The fraction of sp³-hybridized carbons (Fsp3) is 0.385. The zero-order valence-electron chi connectivity index (χ0n) is 10.5. The minimum Gasteiger partial charge on any atom is -0.378 e. The number of para-hydroxylation sites is 1. The van der Waals surface area contributed by atoms with E-state index in [-0.39, 0.29) is 0 Å². The average Bonchev–Trinajstić information content (AvgIpc) is 2.46. The summed E-state index contributed by atoms with van der Waals surface area (Å²) in [7, 11) is 1.96. The van der Waals surface area contributed by atoms with E-state index >= 15 is 0 Å². The van der Waals surface area contributed by atoms with Gasteiger partial charge in [0.05, 0.1) is 19.6 Å². The summed E-state index contributed by atoms with van der Waals surface area (Å²) < 4.78 is 5.28. The minimum atomic E-state index is 0.626. The van der Waals surface area contributed by atoms with E-state index in [0.29, 0.717) is 5.11 Å². The Bertz CT molecular complexity index is 416. The van der Waals surface area contributed by atoms with E-state index in [9.17, 15) is 0 Å². The molecule has 0 amide bonds. The Morgan fingerprint density at radius 3 is 2.67 bits per heavy atom. The van der Waals surface area contributed by atoms with Crippen molar-refractivity contribution in [2.75, 3.05) is 38.3 Å². The highest BCUT2D eigenvalue weighted by Gasteiger charge is 2.12. The predicted molar refractivity (Wildman–Crippen MR) is 78.3 cm³/mol. The maximum absolute atomic E-state index is 5.29. The third-order valence-corrected chi connectivity index (χ3v) is 3.15. The van der Waals surface area contributed by atoms with Gasteiger partial charge in [0.15, 0.2) is 5.11 Å². The van der Waals surface area contributed by atoms with Crippen molar-refractivity contribution in [3.05, 3.63) is 30.3 Å². The Labute approximate surface area is 113 Å². The summed E-state index contributed by atoms with van der Waals surface area (Å²) in [5, 5.41) is 0.626. The average molecular weight is 263 g/mol. The van der Waals surface area contributed by atoms with Gasteiger partial charge in [-0.2, -0.15) is 0 Å². The van der Waals surface area contributed by atoms with Crippen LogP contribution in [0.3, 0.4) is 0 Å². The smallest absolute Gasteiger partial charge is 0.196 e. The molecule has 0 aromatic heterocycles. The molecule has 1 aromatic carbocycles.